The Labute approximate surface area is 186 Å². The van der Waals surface area contributed by atoms with Crippen LogP contribution in [0.3, 0.4) is 0 Å². The molecule has 2 aromatic heterocycles. The van der Waals surface area contributed by atoms with Crippen LogP contribution in [0.25, 0.3) is 33.1 Å². The van der Waals surface area contributed by atoms with Crippen LogP contribution >= 0.6 is 0 Å². The van der Waals surface area contributed by atoms with Gasteiger partial charge in [-0.15, -0.1) is 0 Å². The third kappa shape index (κ3) is 3.20. The van der Waals surface area contributed by atoms with Gasteiger partial charge in [-0.1, -0.05) is 42.5 Å². The summed E-state index contributed by atoms with van der Waals surface area (Å²) in [5.41, 5.74) is 9.53. The van der Waals surface area contributed by atoms with Crippen LogP contribution in [0.4, 0.5) is 0 Å². The van der Waals surface area contributed by atoms with E-state index in [2.05, 4.69) is 81.3 Å². The van der Waals surface area contributed by atoms with E-state index in [0.29, 0.717) is 0 Å². The number of aromatic amines is 1. The van der Waals surface area contributed by atoms with Crippen LogP contribution in [0.15, 0.2) is 59.6 Å². The number of nitrogens with one attached hydrogen (secondary N) is 1. The second kappa shape index (κ2) is 8.05. The number of aliphatic hydroxyl groups excluding tert-OH is 1. The van der Waals surface area contributed by atoms with Crippen molar-refractivity contribution >= 4 is 28.0 Å². The number of para-hydroxylation sites is 1. The summed E-state index contributed by atoms with van der Waals surface area (Å²) in [6.45, 7) is 5.13. The number of fused-ring (bicyclic) bond motifs is 3. The van der Waals surface area contributed by atoms with E-state index in [1.807, 2.05) is 12.1 Å². The zero-order valence-electron chi connectivity index (χ0n) is 18.4. The van der Waals surface area contributed by atoms with Crippen LogP contribution in [0, 0.1) is 13.8 Å². The third-order valence-corrected chi connectivity index (χ3v) is 6.11. The maximum atomic E-state index is 9.37. The van der Waals surface area contributed by atoms with Gasteiger partial charge in [-0.2, -0.15) is 15.4 Å². The Hall–Kier alpha value is -3.77. The van der Waals surface area contributed by atoms with Gasteiger partial charge in [0.1, 0.15) is 11.4 Å². The monoisotopic (exact) mass is 423 g/mol. The topological polar surface area (TPSA) is 79.1 Å². The van der Waals surface area contributed by atoms with Crippen molar-refractivity contribution in [1.82, 2.24) is 20.0 Å². The first-order chi connectivity index (χ1) is 15.6. The Balaban J connectivity index is 1.76. The maximum Gasteiger partial charge on any atom is 0.131 e. The van der Waals surface area contributed by atoms with Crippen LogP contribution < -0.4 is 0 Å². The van der Waals surface area contributed by atoms with Gasteiger partial charge in [0.05, 0.1) is 18.3 Å². The first-order valence-electron chi connectivity index (χ1n) is 10.7. The van der Waals surface area contributed by atoms with E-state index in [1.54, 1.807) is 13.3 Å². The lowest BCUT2D eigenvalue weighted by Crippen LogP contribution is -2.01. The van der Waals surface area contributed by atoms with Gasteiger partial charge in [0, 0.05) is 35.4 Å². The van der Waals surface area contributed by atoms with Crippen molar-refractivity contribution in [2.45, 2.75) is 27.0 Å². The minimum Gasteiger partial charge on any atom is -0.392 e. The van der Waals surface area contributed by atoms with Gasteiger partial charge in [-0.25, -0.2) is 0 Å². The van der Waals surface area contributed by atoms with Crippen molar-refractivity contribution in [3.05, 3.63) is 82.5 Å². The molecule has 0 radical (unpaired) electrons. The van der Waals surface area contributed by atoms with Crippen LogP contribution in [0.1, 0.15) is 27.9 Å². The molecule has 32 heavy (non-hydrogen) atoms. The highest BCUT2D eigenvalue weighted by Gasteiger charge is 2.20. The summed E-state index contributed by atoms with van der Waals surface area (Å²) < 4.78 is 2.39. The SMILES string of the molecule is CN=Cc1n[nH]nc1-c1cc(C)c2c(c1C)c1ccccc1n2Cc1ccc(CO)cc1. The standard InChI is InChI=1S/C26H25N5O/c1-16-12-21(25-22(13-27-3)28-30-29-25)17(2)24-20-6-4-5-7-23(20)31(26(16)24)14-18-8-10-19(15-32)11-9-18/h4-13,32H,14-15H2,1-3H3,(H,28,29,30). The molecule has 0 fully saturated rings. The highest BCUT2D eigenvalue weighted by Crippen LogP contribution is 2.38. The summed E-state index contributed by atoms with van der Waals surface area (Å²) in [6.07, 6.45) is 1.73. The van der Waals surface area contributed by atoms with Crippen LogP contribution in [-0.4, -0.2) is 38.3 Å². The lowest BCUT2D eigenvalue weighted by Gasteiger charge is -2.13. The average molecular weight is 424 g/mol. The Morgan fingerprint density at radius 2 is 1.78 bits per heavy atom. The van der Waals surface area contributed by atoms with E-state index < -0.39 is 0 Å². The van der Waals surface area contributed by atoms with Gasteiger partial charge >= 0.3 is 0 Å². The molecule has 2 heterocycles. The molecule has 0 aliphatic rings. The highest BCUT2D eigenvalue weighted by molar-refractivity contribution is 6.12. The molecule has 5 aromatic rings. The van der Waals surface area contributed by atoms with Gasteiger partial charge in [-0.05, 0) is 48.2 Å². The molecular weight excluding hydrogens is 398 g/mol. The van der Waals surface area contributed by atoms with Crippen molar-refractivity contribution in [3.63, 3.8) is 0 Å². The number of H-pyrrole nitrogens is 1. The number of aromatic nitrogens is 4. The molecule has 6 nitrogen and oxygen atoms in total. The fraction of sp³-hybridized carbons (Fsp3) is 0.192. The Kier molecular flexibility index (Phi) is 5.07. The Morgan fingerprint density at radius 3 is 2.53 bits per heavy atom. The number of hydrogen-bond acceptors (Lipinski definition) is 4. The predicted molar refractivity (Wildman–Crippen MR) is 129 cm³/mol. The number of aliphatic hydroxyl groups is 1. The average Bonchev–Trinajstić information content (AvgIpc) is 3.40. The first-order valence-corrected chi connectivity index (χ1v) is 10.7. The molecule has 0 aliphatic heterocycles. The Bertz CT molecular complexity index is 1460. The lowest BCUT2D eigenvalue weighted by molar-refractivity contribution is 0.282. The zero-order valence-corrected chi connectivity index (χ0v) is 18.4. The fourth-order valence-corrected chi connectivity index (χ4v) is 4.61. The number of benzene rings is 3. The number of rotatable bonds is 5. The van der Waals surface area contributed by atoms with Crippen LogP contribution in [-0.2, 0) is 13.2 Å². The van der Waals surface area contributed by atoms with Crippen LogP contribution in [0.2, 0.25) is 0 Å². The molecule has 160 valence electrons. The van der Waals surface area contributed by atoms with Crippen molar-refractivity contribution in [1.29, 1.82) is 0 Å². The third-order valence-electron chi connectivity index (χ3n) is 6.11. The summed E-state index contributed by atoms with van der Waals surface area (Å²) in [4.78, 5) is 4.12. The molecule has 0 aliphatic carbocycles. The van der Waals surface area contributed by atoms with Gasteiger partial charge in [0.15, 0.2) is 0 Å². The quantitative estimate of drug-likeness (QED) is 0.399. The molecule has 2 N–H and O–H groups in total. The number of aryl methyl sites for hydroxylation is 2. The fourth-order valence-electron chi connectivity index (χ4n) is 4.61. The molecule has 6 heteroatoms. The molecule has 0 spiro atoms. The van der Waals surface area contributed by atoms with E-state index in [4.69, 9.17) is 0 Å². The van der Waals surface area contributed by atoms with E-state index in [1.165, 1.54) is 38.5 Å². The van der Waals surface area contributed by atoms with E-state index >= 15 is 0 Å². The second-order valence-electron chi connectivity index (χ2n) is 8.11. The van der Waals surface area contributed by atoms with Crippen molar-refractivity contribution in [2.24, 2.45) is 4.99 Å². The van der Waals surface area contributed by atoms with Crippen LogP contribution in [0.5, 0.6) is 0 Å². The normalized spacial score (nSPS) is 11.9. The van der Waals surface area contributed by atoms with Crippen molar-refractivity contribution in [3.8, 4) is 11.3 Å². The molecule has 0 bridgehead atoms. The smallest absolute Gasteiger partial charge is 0.131 e. The number of nitrogens with zero attached hydrogens (tertiary/aromatic N) is 4. The zero-order chi connectivity index (χ0) is 22.2. The first kappa shape index (κ1) is 20.2. The van der Waals surface area contributed by atoms with E-state index in [-0.39, 0.29) is 6.61 Å². The van der Waals surface area contributed by atoms with E-state index in [0.717, 1.165) is 29.1 Å². The minimum atomic E-state index is 0.0590. The summed E-state index contributed by atoms with van der Waals surface area (Å²) in [5, 5.41) is 23.3. The molecule has 0 unspecified atom stereocenters. The summed E-state index contributed by atoms with van der Waals surface area (Å²) in [5.74, 6) is 0. The summed E-state index contributed by atoms with van der Waals surface area (Å²) >= 11 is 0. The number of aliphatic imine (C=N–C) groups is 1. The molecule has 3 aromatic carbocycles. The molecule has 0 amide bonds. The molecule has 0 saturated heterocycles. The van der Waals surface area contributed by atoms with Gasteiger partial charge in [-0.3, -0.25) is 4.99 Å². The predicted octanol–water partition coefficient (Wildman–Crippen LogP) is 4.79. The van der Waals surface area contributed by atoms with Crippen molar-refractivity contribution < 1.29 is 5.11 Å². The second-order valence-corrected chi connectivity index (χ2v) is 8.11. The largest absolute Gasteiger partial charge is 0.392 e. The molecule has 0 atom stereocenters. The lowest BCUT2D eigenvalue weighted by atomic mass is 9.96. The number of hydrogen-bond donors (Lipinski definition) is 2. The molecular formula is C26H25N5O. The van der Waals surface area contributed by atoms with Gasteiger partial charge in [0.2, 0.25) is 0 Å². The van der Waals surface area contributed by atoms with E-state index in [9.17, 15) is 5.11 Å². The van der Waals surface area contributed by atoms with Crippen molar-refractivity contribution in [2.75, 3.05) is 7.05 Å². The Morgan fingerprint density at radius 1 is 1.03 bits per heavy atom. The molecule has 5 rings (SSSR count). The minimum absolute atomic E-state index is 0.0590. The molecule has 0 saturated carbocycles. The van der Waals surface area contributed by atoms with Gasteiger partial charge in [0.25, 0.3) is 0 Å². The summed E-state index contributed by atoms with van der Waals surface area (Å²) in [6, 6.07) is 18.9. The highest BCUT2D eigenvalue weighted by atomic mass is 16.3. The van der Waals surface area contributed by atoms with Gasteiger partial charge < -0.3 is 9.67 Å². The maximum absolute atomic E-state index is 9.37. The summed E-state index contributed by atoms with van der Waals surface area (Å²) in [7, 11) is 1.74.